The third kappa shape index (κ3) is 3.66. The molecule has 2 aliphatic rings. The fourth-order valence-electron chi connectivity index (χ4n) is 5.02. The van der Waals surface area contributed by atoms with E-state index < -0.39 is 0 Å². The summed E-state index contributed by atoms with van der Waals surface area (Å²) in [7, 11) is 0. The van der Waals surface area contributed by atoms with Gasteiger partial charge in [-0.1, -0.05) is 47.6 Å². The summed E-state index contributed by atoms with van der Waals surface area (Å²) in [6, 6.07) is 10.8. The molecule has 1 aromatic carbocycles. The third-order valence-corrected chi connectivity index (χ3v) is 8.38. The number of aryl methyl sites for hydroxylation is 1. The van der Waals surface area contributed by atoms with Crippen molar-refractivity contribution in [2.45, 2.75) is 47.1 Å². The first-order valence-corrected chi connectivity index (χ1v) is 12.0. The van der Waals surface area contributed by atoms with Crippen molar-refractivity contribution in [1.29, 1.82) is 0 Å². The lowest BCUT2D eigenvalue weighted by molar-refractivity contribution is 0.246. The number of rotatable bonds is 3. The zero-order valence-corrected chi connectivity index (χ0v) is 19.2. The highest BCUT2D eigenvalue weighted by atomic mass is 35.5. The number of aromatic nitrogens is 3. The molecule has 1 aliphatic heterocycles. The molecule has 0 saturated carbocycles. The van der Waals surface area contributed by atoms with Crippen molar-refractivity contribution < 1.29 is 0 Å². The van der Waals surface area contributed by atoms with Crippen molar-refractivity contribution >= 4 is 40.8 Å². The molecule has 1 fully saturated rings. The lowest BCUT2D eigenvalue weighted by atomic mass is 9.62. The Labute approximate surface area is 196 Å². The van der Waals surface area contributed by atoms with Crippen LogP contribution in [0.3, 0.4) is 0 Å². The molecular formula is C23H26ClN7S. The number of hydrogen-bond acceptors (Lipinski definition) is 8. The number of hydrogen-bond donors (Lipinski definition) is 3. The van der Waals surface area contributed by atoms with Crippen molar-refractivity contribution in [2.24, 2.45) is 5.73 Å². The summed E-state index contributed by atoms with van der Waals surface area (Å²) in [6.07, 6.45) is 7.49. The van der Waals surface area contributed by atoms with Crippen molar-refractivity contribution in [3.63, 3.8) is 0 Å². The monoisotopic (exact) mass is 467 g/mol. The maximum Gasteiger partial charge on any atom is 0.158 e. The van der Waals surface area contributed by atoms with E-state index in [0.717, 1.165) is 49.5 Å². The molecule has 166 valence electrons. The third-order valence-electron chi connectivity index (χ3n) is 6.81. The highest BCUT2D eigenvalue weighted by molar-refractivity contribution is 7.99. The van der Waals surface area contributed by atoms with Crippen molar-refractivity contribution in [1.82, 2.24) is 15.0 Å². The normalized spacial score (nSPS) is 19.7. The van der Waals surface area contributed by atoms with E-state index in [4.69, 9.17) is 28.8 Å². The van der Waals surface area contributed by atoms with Crippen LogP contribution in [0.15, 0.2) is 52.6 Å². The minimum atomic E-state index is 0.0398. The Hall–Kier alpha value is -2.55. The molecule has 1 atom stereocenters. The van der Waals surface area contributed by atoms with Crippen LogP contribution in [0, 0.1) is 0 Å². The van der Waals surface area contributed by atoms with E-state index in [-0.39, 0.29) is 17.3 Å². The summed E-state index contributed by atoms with van der Waals surface area (Å²) < 4.78 is 0. The van der Waals surface area contributed by atoms with Gasteiger partial charge in [0.15, 0.2) is 5.82 Å². The molecule has 3 aromatic rings. The molecule has 0 radical (unpaired) electrons. The number of nitrogens with zero attached hydrogens (tertiary/aromatic N) is 4. The second-order valence-corrected chi connectivity index (χ2v) is 9.88. The van der Waals surface area contributed by atoms with Gasteiger partial charge < -0.3 is 22.1 Å². The molecule has 9 heteroatoms. The van der Waals surface area contributed by atoms with E-state index in [1.54, 1.807) is 18.5 Å². The molecule has 6 N–H and O–H groups in total. The number of pyridine rings is 1. The maximum atomic E-state index is 6.69. The fourth-order valence-corrected chi connectivity index (χ4v) is 6.04. The zero-order valence-electron chi connectivity index (χ0n) is 17.7. The minimum absolute atomic E-state index is 0.0398. The van der Waals surface area contributed by atoms with Crippen LogP contribution in [0.25, 0.3) is 0 Å². The number of nitrogen functional groups attached to an aromatic ring is 2. The van der Waals surface area contributed by atoms with Crippen LogP contribution >= 0.6 is 23.4 Å². The van der Waals surface area contributed by atoms with Crippen molar-refractivity contribution in [3.05, 3.63) is 58.9 Å². The van der Waals surface area contributed by atoms with Gasteiger partial charge >= 0.3 is 0 Å². The topological polar surface area (TPSA) is 120 Å². The largest absolute Gasteiger partial charge is 0.382 e. The second-order valence-electron chi connectivity index (χ2n) is 8.47. The van der Waals surface area contributed by atoms with E-state index >= 15 is 0 Å². The van der Waals surface area contributed by atoms with Gasteiger partial charge in [-0.15, -0.1) is 0 Å². The standard InChI is InChI=1S/C23H26ClN7S/c24-19-16(7-10-28-20(19)26)32-22-21(27)30-18(13-29-22)31-11-8-23(9-12-31)15-4-2-1-3-14(15)5-6-17(23)25/h1-4,7,10,13,17H,5-6,8-9,11-12,25H2,(H2,26,28)(H2,27,30)/t17-/m1/s1. The highest BCUT2D eigenvalue weighted by Gasteiger charge is 2.44. The van der Waals surface area contributed by atoms with E-state index in [1.165, 1.54) is 22.9 Å². The van der Waals surface area contributed by atoms with Gasteiger partial charge in [0.05, 0.1) is 11.2 Å². The summed E-state index contributed by atoms with van der Waals surface area (Å²) in [5, 5.41) is 0.992. The molecular weight excluding hydrogens is 442 g/mol. The van der Waals surface area contributed by atoms with Crippen LogP contribution in [0.2, 0.25) is 5.02 Å². The Morgan fingerprint density at radius 3 is 2.62 bits per heavy atom. The molecule has 5 rings (SSSR count). The van der Waals surface area contributed by atoms with Crippen LogP contribution in [0.5, 0.6) is 0 Å². The molecule has 1 saturated heterocycles. The number of nitrogens with two attached hydrogens (primary N) is 3. The Kier molecular flexibility index (Phi) is 5.61. The first-order valence-electron chi connectivity index (χ1n) is 10.8. The SMILES string of the molecule is Nc1nc(N2CCC3(CC2)c2ccccc2CC[C@H]3N)cnc1Sc1ccnc(N)c1Cl. The summed E-state index contributed by atoms with van der Waals surface area (Å²) in [5.74, 6) is 1.45. The van der Waals surface area contributed by atoms with Gasteiger partial charge in [0, 0.05) is 35.6 Å². The molecule has 0 unspecified atom stereocenters. The van der Waals surface area contributed by atoms with Crippen molar-refractivity contribution in [2.75, 3.05) is 29.5 Å². The van der Waals surface area contributed by atoms with Crippen molar-refractivity contribution in [3.8, 4) is 0 Å². The number of halogens is 1. The Bertz CT molecular complexity index is 1150. The molecule has 1 aliphatic carbocycles. The molecule has 3 heterocycles. The minimum Gasteiger partial charge on any atom is -0.382 e. The Morgan fingerprint density at radius 1 is 1.06 bits per heavy atom. The molecule has 7 nitrogen and oxygen atoms in total. The molecule has 32 heavy (non-hydrogen) atoms. The summed E-state index contributed by atoms with van der Waals surface area (Å²) in [4.78, 5) is 16.2. The number of benzene rings is 1. The predicted octanol–water partition coefficient (Wildman–Crippen LogP) is 3.65. The lowest BCUT2D eigenvalue weighted by Gasteiger charge is -2.49. The molecule has 0 bridgehead atoms. The average Bonchev–Trinajstić information content (AvgIpc) is 2.81. The van der Waals surface area contributed by atoms with Gasteiger partial charge in [0.2, 0.25) is 0 Å². The second kappa shape index (κ2) is 8.42. The smallest absolute Gasteiger partial charge is 0.158 e. The number of fused-ring (bicyclic) bond motifs is 2. The van der Waals surface area contributed by atoms with Crippen LogP contribution in [-0.2, 0) is 11.8 Å². The van der Waals surface area contributed by atoms with Gasteiger partial charge in [-0.2, -0.15) is 0 Å². The van der Waals surface area contributed by atoms with Gasteiger partial charge in [0.1, 0.15) is 16.7 Å². The average molecular weight is 468 g/mol. The number of anilines is 3. The predicted molar refractivity (Wildman–Crippen MR) is 130 cm³/mol. The van der Waals surface area contributed by atoms with Crippen LogP contribution < -0.4 is 22.1 Å². The highest BCUT2D eigenvalue weighted by Crippen LogP contribution is 2.45. The van der Waals surface area contributed by atoms with Gasteiger partial charge in [-0.3, -0.25) is 0 Å². The lowest BCUT2D eigenvalue weighted by Crippen LogP contribution is -2.55. The van der Waals surface area contributed by atoms with E-state index in [9.17, 15) is 0 Å². The molecule has 0 amide bonds. The summed E-state index contributed by atoms with van der Waals surface area (Å²) in [6.45, 7) is 1.74. The van der Waals surface area contributed by atoms with E-state index in [2.05, 4.69) is 44.1 Å². The van der Waals surface area contributed by atoms with Gasteiger partial charge in [-0.05, 0) is 42.9 Å². The summed E-state index contributed by atoms with van der Waals surface area (Å²) in [5.41, 5.74) is 21.7. The van der Waals surface area contributed by atoms with E-state index in [1.807, 2.05) is 0 Å². The number of piperidine rings is 1. The van der Waals surface area contributed by atoms with Crippen LogP contribution in [-0.4, -0.2) is 34.1 Å². The maximum absolute atomic E-state index is 6.69. The van der Waals surface area contributed by atoms with E-state index in [0.29, 0.717) is 15.9 Å². The summed E-state index contributed by atoms with van der Waals surface area (Å²) >= 11 is 7.59. The first-order chi connectivity index (χ1) is 15.5. The Balaban J connectivity index is 1.33. The molecule has 2 aromatic heterocycles. The molecule has 1 spiro atoms. The van der Waals surface area contributed by atoms with Crippen LogP contribution in [0.1, 0.15) is 30.4 Å². The Morgan fingerprint density at radius 2 is 1.84 bits per heavy atom. The van der Waals surface area contributed by atoms with Crippen LogP contribution in [0.4, 0.5) is 17.5 Å². The van der Waals surface area contributed by atoms with Gasteiger partial charge in [0.25, 0.3) is 0 Å². The van der Waals surface area contributed by atoms with Gasteiger partial charge in [-0.25, -0.2) is 15.0 Å². The quantitative estimate of drug-likeness (QED) is 0.533. The zero-order chi connectivity index (χ0) is 22.3. The fraction of sp³-hybridized carbons (Fsp3) is 0.348. The first kappa shape index (κ1) is 21.3.